The number of aromatic nitrogens is 1. The third-order valence-electron chi connectivity index (χ3n) is 8.04. The van der Waals surface area contributed by atoms with Crippen molar-refractivity contribution in [1.82, 2.24) is 14.8 Å². The molecule has 29 heavy (non-hydrogen) atoms. The zero-order valence-corrected chi connectivity index (χ0v) is 17.7. The van der Waals surface area contributed by atoms with Crippen molar-refractivity contribution in [2.45, 2.75) is 84.0 Å². The van der Waals surface area contributed by atoms with Crippen LogP contribution in [0, 0.1) is 11.3 Å². The molecule has 6 atom stereocenters. The number of rotatable bonds is 2. The maximum Gasteiger partial charge on any atom is 0.229 e. The molecule has 1 saturated carbocycles. The molecule has 1 aromatic rings. The Morgan fingerprint density at radius 2 is 2.03 bits per heavy atom. The number of amides is 1. The van der Waals surface area contributed by atoms with Crippen LogP contribution in [0.2, 0.25) is 0 Å². The Morgan fingerprint density at radius 3 is 2.76 bits per heavy atom. The first-order chi connectivity index (χ1) is 13.9. The van der Waals surface area contributed by atoms with Gasteiger partial charge in [-0.25, -0.2) is 4.39 Å². The molecule has 1 aromatic heterocycles. The van der Waals surface area contributed by atoms with Crippen LogP contribution in [0.15, 0.2) is 12.3 Å². The zero-order valence-electron chi connectivity index (χ0n) is 17.7. The molecule has 2 unspecified atom stereocenters. The Bertz CT molecular complexity index is 807. The maximum absolute atomic E-state index is 13.7. The van der Waals surface area contributed by atoms with Crippen molar-refractivity contribution >= 4 is 5.91 Å². The smallest absolute Gasteiger partial charge is 0.229 e. The lowest BCUT2D eigenvalue weighted by molar-refractivity contribution is -0.138. The molecule has 3 fully saturated rings. The quantitative estimate of drug-likeness (QED) is 0.764. The molecule has 0 bridgehead atoms. The first kappa shape index (κ1) is 19.4. The van der Waals surface area contributed by atoms with Crippen molar-refractivity contribution < 1.29 is 13.9 Å². The average molecular weight is 402 g/mol. The molecule has 158 valence electrons. The van der Waals surface area contributed by atoms with Gasteiger partial charge in [-0.05, 0) is 50.7 Å². The molecule has 1 amide bonds. The minimum Gasteiger partial charge on any atom is -0.373 e. The summed E-state index contributed by atoms with van der Waals surface area (Å²) in [4.78, 5) is 22.9. The van der Waals surface area contributed by atoms with Crippen molar-refractivity contribution in [3.63, 3.8) is 0 Å². The van der Waals surface area contributed by atoms with Gasteiger partial charge < -0.3 is 9.64 Å². The summed E-state index contributed by atoms with van der Waals surface area (Å²) in [5.41, 5.74) is 2.43. The Balaban J connectivity index is 1.37. The number of halogens is 1. The van der Waals surface area contributed by atoms with Gasteiger partial charge in [0.15, 0.2) is 0 Å². The fraction of sp³-hybridized carbons (Fsp3) is 0.739. The van der Waals surface area contributed by atoms with Gasteiger partial charge in [0, 0.05) is 55.6 Å². The van der Waals surface area contributed by atoms with Crippen molar-refractivity contribution in [3.8, 4) is 0 Å². The fourth-order valence-electron chi connectivity index (χ4n) is 6.59. The van der Waals surface area contributed by atoms with Gasteiger partial charge in [0.25, 0.3) is 0 Å². The van der Waals surface area contributed by atoms with Crippen LogP contribution in [0.25, 0.3) is 0 Å². The second-order valence-electron chi connectivity index (χ2n) is 9.84. The minimum absolute atomic E-state index is 0.222. The van der Waals surface area contributed by atoms with Crippen LogP contribution in [-0.2, 0) is 29.2 Å². The van der Waals surface area contributed by atoms with Gasteiger partial charge in [-0.1, -0.05) is 6.92 Å². The van der Waals surface area contributed by atoms with E-state index in [0.717, 1.165) is 50.0 Å². The number of carbonyl (C=O) groups excluding carboxylic acids is 1. The van der Waals surface area contributed by atoms with E-state index in [1.165, 1.54) is 0 Å². The third kappa shape index (κ3) is 3.02. The Morgan fingerprint density at radius 1 is 1.28 bits per heavy atom. The fourth-order valence-corrected chi connectivity index (χ4v) is 6.59. The molecular formula is C23H32FN3O2. The number of hydrogen-bond donors (Lipinski definition) is 0. The zero-order chi connectivity index (χ0) is 20.3. The van der Waals surface area contributed by atoms with E-state index in [9.17, 15) is 9.18 Å². The summed E-state index contributed by atoms with van der Waals surface area (Å²) >= 11 is 0. The number of fused-ring (bicyclic) bond motifs is 2. The van der Waals surface area contributed by atoms with Gasteiger partial charge in [-0.2, -0.15) is 0 Å². The highest BCUT2D eigenvalue weighted by Gasteiger charge is 2.61. The normalized spacial score (nSPS) is 39.8. The summed E-state index contributed by atoms with van der Waals surface area (Å²) in [5.74, 6) is 0.648. The highest BCUT2D eigenvalue weighted by Crippen LogP contribution is 2.55. The largest absolute Gasteiger partial charge is 0.373 e. The van der Waals surface area contributed by atoms with Crippen LogP contribution in [0.4, 0.5) is 4.39 Å². The first-order valence-electron chi connectivity index (χ1n) is 11.1. The highest BCUT2D eigenvalue weighted by molar-refractivity contribution is 5.87. The average Bonchev–Trinajstić information content (AvgIpc) is 3.24. The van der Waals surface area contributed by atoms with Gasteiger partial charge in [0.2, 0.25) is 5.91 Å². The number of carbonyl (C=O) groups is 1. The summed E-state index contributed by atoms with van der Waals surface area (Å²) < 4.78 is 19.0. The van der Waals surface area contributed by atoms with Crippen LogP contribution in [-0.4, -0.2) is 58.1 Å². The predicted octanol–water partition coefficient (Wildman–Crippen LogP) is 3.10. The van der Waals surface area contributed by atoms with Gasteiger partial charge in [-0.3, -0.25) is 14.7 Å². The third-order valence-corrected chi connectivity index (χ3v) is 8.04. The van der Waals surface area contributed by atoms with Crippen LogP contribution in [0.5, 0.6) is 0 Å². The first-order valence-corrected chi connectivity index (χ1v) is 11.1. The Hall–Kier alpha value is -1.53. The molecule has 1 spiro atoms. The van der Waals surface area contributed by atoms with E-state index in [4.69, 9.17) is 4.74 Å². The van der Waals surface area contributed by atoms with E-state index in [-0.39, 0.29) is 23.7 Å². The van der Waals surface area contributed by atoms with E-state index in [0.29, 0.717) is 30.0 Å². The number of alkyl halides is 1. The molecule has 4 heterocycles. The molecule has 5 rings (SSSR count). The standard InChI is InChI=1S/C23H32FN3O2/c1-14-11-26(12-15(2)29-14)19-4-5-23(8-19)16(3)21-7-20-18(13-27(21)22(23)28)6-17(9-24)10-25-20/h6,10,14-16,19,21H,4-5,7-9,11-13H2,1-3H3/t14-,15+,16?,19-,21?,23-/m0/s1. The molecule has 2 saturated heterocycles. The van der Waals surface area contributed by atoms with Crippen molar-refractivity contribution in [2.75, 3.05) is 13.1 Å². The lowest BCUT2D eigenvalue weighted by Gasteiger charge is -2.39. The number of pyridine rings is 1. The second kappa shape index (κ2) is 7.02. The van der Waals surface area contributed by atoms with E-state index < -0.39 is 6.67 Å². The SMILES string of the molecule is CC1C2Cc3ncc(CF)cc3CN2C(=O)[C@]12CC[C@H](N1C[C@@H](C)O[C@@H](C)C1)C2. The molecule has 6 heteroatoms. The van der Waals surface area contributed by atoms with Gasteiger partial charge in [0.05, 0.1) is 17.6 Å². The summed E-state index contributed by atoms with van der Waals surface area (Å²) in [6.07, 6.45) is 5.98. The molecule has 1 aliphatic carbocycles. The van der Waals surface area contributed by atoms with Crippen LogP contribution in [0.1, 0.15) is 56.9 Å². The summed E-state index contributed by atoms with van der Waals surface area (Å²) in [6, 6.07) is 2.59. The number of morpholine rings is 1. The molecule has 0 N–H and O–H groups in total. The van der Waals surface area contributed by atoms with Crippen LogP contribution in [0.3, 0.4) is 0 Å². The number of nitrogens with zero attached hydrogens (tertiary/aromatic N) is 3. The van der Waals surface area contributed by atoms with E-state index >= 15 is 0 Å². The predicted molar refractivity (Wildman–Crippen MR) is 108 cm³/mol. The Labute approximate surface area is 172 Å². The molecular weight excluding hydrogens is 369 g/mol. The van der Waals surface area contributed by atoms with Crippen molar-refractivity contribution in [1.29, 1.82) is 0 Å². The van der Waals surface area contributed by atoms with E-state index in [2.05, 4.69) is 35.6 Å². The lowest BCUT2D eigenvalue weighted by Crippen LogP contribution is -2.50. The Kier molecular flexibility index (Phi) is 4.70. The highest BCUT2D eigenvalue weighted by atomic mass is 19.1. The number of ether oxygens (including phenoxy) is 1. The maximum atomic E-state index is 13.7. The number of hydrogen-bond acceptors (Lipinski definition) is 4. The molecule has 4 aliphatic rings. The van der Waals surface area contributed by atoms with Crippen LogP contribution >= 0.6 is 0 Å². The minimum atomic E-state index is -0.504. The van der Waals surface area contributed by atoms with Crippen molar-refractivity contribution in [2.24, 2.45) is 11.3 Å². The topological polar surface area (TPSA) is 45.7 Å². The summed E-state index contributed by atoms with van der Waals surface area (Å²) in [6.45, 7) is 8.57. The second-order valence-corrected chi connectivity index (χ2v) is 9.84. The summed E-state index contributed by atoms with van der Waals surface area (Å²) in [5, 5.41) is 0. The molecule has 0 aromatic carbocycles. The molecule has 5 nitrogen and oxygen atoms in total. The molecule has 0 radical (unpaired) electrons. The van der Waals surface area contributed by atoms with Crippen LogP contribution < -0.4 is 0 Å². The lowest BCUT2D eigenvalue weighted by atomic mass is 9.73. The molecule has 3 aliphatic heterocycles. The summed E-state index contributed by atoms with van der Waals surface area (Å²) in [7, 11) is 0. The van der Waals surface area contributed by atoms with Gasteiger partial charge in [0.1, 0.15) is 6.67 Å². The van der Waals surface area contributed by atoms with E-state index in [1.807, 2.05) is 6.07 Å². The van der Waals surface area contributed by atoms with Gasteiger partial charge >= 0.3 is 0 Å². The monoisotopic (exact) mass is 401 g/mol. The van der Waals surface area contributed by atoms with Crippen molar-refractivity contribution in [3.05, 3.63) is 29.1 Å². The van der Waals surface area contributed by atoms with Gasteiger partial charge in [-0.15, -0.1) is 0 Å². The van der Waals surface area contributed by atoms with E-state index in [1.54, 1.807) is 6.20 Å².